The Morgan fingerprint density at radius 1 is 1.45 bits per heavy atom. The Morgan fingerprint density at radius 2 is 2.30 bits per heavy atom. The molecule has 0 aliphatic heterocycles. The summed E-state index contributed by atoms with van der Waals surface area (Å²) in [5, 5.41) is 12.1. The molecule has 20 heavy (non-hydrogen) atoms. The Kier molecular flexibility index (Phi) is 3.27. The Balaban J connectivity index is 1.75. The third-order valence-corrected chi connectivity index (χ3v) is 4.26. The number of rotatable bonds is 4. The van der Waals surface area contributed by atoms with Crippen molar-refractivity contribution in [3.63, 3.8) is 0 Å². The molecule has 0 saturated carbocycles. The molecule has 0 radical (unpaired) electrons. The molecule has 0 spiro atoms. The number of carbonyl (C=O) groups is 2. The van der Waals surface area contributed by atoms with Crippen LogP contribution < -0.4 is 5.32 Å². The molecule has 7 heteroatoms. The summed E-state index contributed by atoms with van der Waals surface area (Å²) < 4.78 is 1.40. The Labute approximate surface area is 119 Å². The molecule has 0 aromatic carbocycles. The van der Waals surface area contributed by atoms with Gasteiger partial charge < -0.3 is 9.67 Å². The van der Waals surface area contributed by atoms with Crippen LogP contribution in [0.4, 0.5) is 5.13 Å². The van der Waals surface area contributed by atoms with Gasteiger partial charge in [-0.2, -0.15) is 0 Å². The fourth-order valence-electron chi connectivity index (χ4n) is 2.31. The molecule has 1 aliphatic rings. The monoisotopic (exact) mass is 291 g/mol. The fraction of sp³-hybridized carbons (Fsp3) is 0.308. The van der Waals surface area contributed by atoms with E-state index in [-0.39, 0.29) is 12.5 Å². The number of carbonyl (C=O) groups excluding carboxylic acids is 1. The number of aliphatic carboxylic acids is 1. The minimum Gasteiger partial charge on any atom is -0.480 e. The Morgan fingerprint density at radius 3 is 3.05 bits per heavy atom. The Bertz CT molecular complexity index is 653. The van der Waals surface area contributed by atoms with Crippen LogP contribution in [0.3, 0.4) is 0 Å². The van der Waals surface area contributed by atoms with Crippen molar-refractivity contribution in [1.82, 2.24) is 9.55 Å². The van der Waals surface area contributed by atoms with Crippen LogP contribution in [0.2, 0.25) is 0 Å². The quantitative estimate of drug-likeness (QED) is 0.899. The van der Waals surface area contributed by atoms with E-state index in [0.29, 0.717) is 10.8 Å². The molecule has 2 aromatic rings. The molecule has 0 saturated heterocycles. The molecule has 2 heterocycles. The zero-order chi connectivity index (χ0) is 14.1. The average Bonchev–Trinajstić information content (AvgIpc) is 3.02. The highest BCUT2D eigenvalue weighted by atomic mass is 32.1. The van der Waals surface area contributed by atoms with Gasteiger partial charge in [0.15, 0.2) is 5.13 Å². The largest absolute Gasteiger partial charge is 0.480 e. The van der Waals surface area contributed by atoms with Gasteiger partial charge in [0.1, 0.15) is 12.2 Å². The number of hydrogen-bond acceptors (Lipinski definition) is 4. The number of hydrogen-bond donors (Lipinski definition) is 2. The van der Waals surface area contributed by atoms with Crippen molar-refractivity contribution < 1.29 is 14.7 Å². The van der Waals surface area contributed by atoms with E-state index in [1.807, 2.05) is 0 Å². The summed E-state index contributed by atoms with van der Waals surface area (Å²) in [4.78, 5) is 28.5. The van der Waals surface area contributed by atoms with Gasteiger partial charge in [0, 0.05) is 11.1 Å². The molecule has 0 fully saturated rings. The van der Waals surface area contributed by atoms with E-state index in [4.69, 9.17) is 5.11 Å². The predicted octanol–water partition coefficient (Wildman–Crippen LogP) is 1.77. The molecule has 2 aromatic heterocycles. The van der Waals surface area contributed by atoms with Crippen LogP contribution in [0.15, 0.2) is 18.3 Å². The number of nitrogens with zero attached hydrogens (tertiary/aromatic N) is 2. The normalized spacial score (nSPS) is 13.2. The van der Waals surface area contributed by atoms with E-state index in [1.165, 1.54) is 20.8 Å². The summed E-state index contributed by atoms with van der Waals surface area (Å²) in [6.07, 6.45) is 4.70. The maximum atomic E-state index is 12.1. The molecule has 0 unspecified atom stereocenters. The smallest absolute Gasteiger partial charge is 0.323 e. The lowest BCUT2D eigenvalue weighted by Crippen LogP contribution is -2.19. The average molecular weight is 291 g/mol. The maximum Gasteiger partial charge on any atom is 0.323 e. The number of carboxylic acids is 1. The van der Waals surface area contributed by atoms with E-state index >= 15 is 0 Å². The summed E-state index contributed by atoms with van der Waals surface area (Å²) in [5.41, 5.74) is 1.40. The van der Waals surface area contributed by atoms with Crippen molar-refractivity contribution in [3.8, 4) is 0 Å². The number of aryl methyl sites for hydroxylation is 2. The van der Waals surface area contributed by atoms with Crippen molar-refractivity contribution in [2.45, 2.75) is 25.8 Å². The van der Waals surface area contributed by atoms with Gasteiger partial charge in [0.2, 0.25) is 0 Å². The van der Waals surface area contributed by atoms with Gasteiger partial charge in [-0.3, -0.25) is 14.9 Å². The number of anilines is 1. The van der Waals surface area contributed by atoms with E-state index < -0.39 is 5.97 Å². The third kappa shape index (κ3) is 2.44. The number of nitrogens with one attached hydrogen (secondary N) is 1. The molecule has 1 amide bonds. The van der Waals surface area contributed by atoms with Gasteiger partial charge in [0.25, 0.3) is 5.91 Å². The zero-order valence-corrected chi connectivity index (χ0v) is 11.4. The Hall–Kier alpha value is -2.15. The highest BCUT2D eigenvalue weighted by Gasteiger charge is 2.19. The van der Waals surface area contributed by atoms with Crippen LogP contribution in [0.5, 0.6) is 0 Å². The first-order valence-corrected chi connectivity index (χ1v) is 7.12. The summed E-state index contributed by atoms with van der Waals surface area (Å²) in [6, 6.07) is 3.25. The van der Waals surface area contributed by atoms with Gasteiger partial charge in [-0.15, -0.1) is 11.3 Å². The molecule has 2 N–H and O–H groups in total. The number of amides is 1. The first kappa shape index (κ1) is 12.9. The highest BCUT2D eigenvalue weighted by Crippen LogP contribution is 2.30. The van der Waals surface area contributed by atoms with Crippen molar-refractivity contribution in [2.24, 2.45) is 0 Å². The first-order chi connectivity index (χ1) is 9.63. The molecule has 104 valence electrons. The number of aromatic nitrogens is 2. The van der Waals surface area contributed by atoms with Crippen molar-refractivity contribution in [3.05, 3.63) is 34.6 Å². The zero-order valence-electron chi connectivity index (χ0n) is 10.6. The van der Waals surface area contributed by atoms with Gasteiger partial charge in [-0.05, 0) is 31.4 Å². The number of carboxylic acid groups (broad SMARTS) is 1. The minimum absolute atomic E-state index is 0.232. The van der Waals surface area contributed by atoms with E-state index in [1.54, 1.807) is 18.3 Å². The first-order valence-electron chi connectivity index (χ1n) is 6.30. The van der Waals surface area contributed by atoms with Crippen molar-refractivity contribution >= 4 is 28.3 Å². The molecule has 3 rings (SSSR count). The van der Waals surface area contributed by atoms with Crippen LogP contribution in [-0.2, 0) is 24.2 Å². The second-order valence-corrected chi connectivity index (χ2v) is 5.70. The third-order valence-electron chi connectivity index (χ3n) is 3.18. The summed E-state index contributed by atoms with van der Waals surface area (Å²) in [6.45, 7) is -0.232. The standard InChI is InChI=1S/C13H13N3O3S/c17-11(18)7-16-6-2-4-9(16)12(19)15-13-14-8-3-1-5-10(8)20-13/h2,4,6H,1,3,5,7H2,(H,17,18)(H,14,15,19). The minimum atomic E-state index is -0.983. The summed E-state index contributed by atoms with van der Waals surface area (Å²) in [7, 11) is 0. The van der Waals surface area contributed by atoms with Gasteiger partial charge in [-0.25, -0.2) is 4.98 Å². The highest BCUT2D eigenvalue weighted by molar-refractivity contribution is 7.15. The molecule has 0 bridgehead atoms. The van der Waals surface area contributed by atoms with Crippen molar-refractivity contribution in [1.29, 1.82) is 0 Å². The molecular formula is C13H13N3O3S. The van der Waals surface area contributed by atoms with Crippen LogP contribution in [0.1, 0.15) is 27.5 Å². The molecular weight excluding hydrogens is 278 g/mol. The summed E-state index contributed by atoms with van der Waals surface area (Å²) >= 11 is 1.50. The fourth-order valence-corrected chi connectivity index (χ4v) is 3.35. The topological polar surface area (TPSA) is 84.2 Å². The van der Waals surface area contributed by atoms with Crippen LogP contribution in [0.25, 0.3) is 0 Å². The molecule has 1 aliphatic carbocycles. The predicted molar refractivity (Wildman–Crippen MR) is 74.2 cm³/mol. The number of fused-ring (bicyclic) bond motifs is 1. The molecule has 6 nitrogen and oxygen atoms in total. The second-order valence-electron chi connectivity index (χ2n) is 4.61. The van der Waals surface area contributed by atoms with Crippen LogP contribution in [-0.4, -0.2) is 26.5 Å². The van der Waals surface area contributed by atoms with Gasteiger partial charge >= 0.3 is 5.97 Å². The SMILES string of the molecule is O=C(O)Cn1cccc1C(=O)Nc1nc2c(s1)CCC2. The summed E-state index contributed by atoms with van der Waals surface area (Å²) in [5.74, 6) is -1.31. The van der Waals surface area contributed by atoms with Crippen molar-refractivity contribution in [2.75, 3.05) is 5.32 Å². The number of thiazole rings is 1. The van der Waals surface area contributed by atoms with Crippen LogP contribution in [0, 0.1) is 0 Å². The van der Waals surface area contributed by atoms with Crippen LogP contribution >= 0.6 is 11.3 Å². The second kappa shape index (κ2) is 5.09. The lowest BCUT2D eigenvalue weighted by Gasteiger charge is -2.05. The maximum absolute atomic E-state index is 12.1. The van der Waals surface area contributed by atoms with E-state index in [2.05, 4.69) is 10.3 Å². The van der Waals surface area contributed by atoms with Gasteiger partial charge in [-0.1, -0.05) is 0 Å². The van der Waals surface area contributed by atoms with E-state index in [9.17, 15) is 9.59 Å². The lowest BCUT2D eigenvalue weighted by atomic mass is 10.4. The molecule has 0 atom stereocenters. The van der Waals surface area contributed by atoms with E-state index in [0.717, 1.165) is 25.0 Å². The van der Waals surface area contributed by atoms with Gasteiger partial charge in [0.05, 0.1) is 5.69 Å². The lowest BCUT2D eigenvalue weighted by molar-refractivity contribution is -0.137.